The van der Waals surface area contributed by atoms with Gasteiger partial charge in [0.25, 0.3) is 0 Å². The zero-order chi connectivity index (χ0) is 19.3. The molecule has 3 nitrogen and oxygen atoms in total. The Kier molecular flexibility index (Phi) is 4.62. The monoisotopic (exact) mass is 391 g/mol. The molecule has 5 rings (SSSR count). The van der Waals surface area contributed by atoms with Crippen LogP contribution in [0, 0.1) is 11.8 Å². The molecule has 0 N–H and O–H groups in total. The maximum Gasteiger partial charge on any atom is 0.141 e. The van der Waals surface area contributed by atoms with Crippen LogP contribution < -0.4 is 4.90 Å². The minimum atomic E-state index is 0.571. The number of rotatable bonds is 3. The number of hydrogen-bond acceptors (Lipinski definition) is 4. The van der Waals surface area contributed by atoms with Crippen LogP contribution in [0.2, 0.25) is 0 Å². The van der Waals surface area contributed by atoms with E-state index in [1.807, 2.05) is 11.3 Å². The van der Waals surface area contributed by atoms with Crippen LogP contribution in [-0.4, -0.2) is 16.5 Å². The van der Waals surface area contributed by atoms with Crippen molar-refractivity contribution in [2.45, 2.75) is 59.4 Å². The molecule has 0 saturated heterocycles. The van der Waals surface area contributed by atoms with E-state index in [4.69, 9.17) is 9.97 Å². The molecule has 1 aromatic carbocycles. The molecule has 0 fully saturated rings. The molecule has 0 spiro atoms. The highest BCUT2D eigenvalue weighted by atomic mass is 32.1. The van der Waals surface area contributed by atoms with Crippen molar-refractivity contribution in [3.05, 3.63) is 51.7 Å². The lowest BCUT2D eigenvalue weighted by Crippen LogP contribution is -2.31. The quantitative estimate of drug-likeness (QED) is 0.584. The number of thiophene rings is 1. The van der Waals surface area contributed by atoms with E-state index >= 15 is 0 Å². The smallest absolute Gasteiger partial charge is 0.141 e. The number of fused-ring (bicyclic) bond motifs is 4. The molecule has 3 aromatic rings. The average Bonchev–Trinajstić information content (AvgIpc) is 3.03. The number of benzene rings is 1. The van der Waals surface area contributed by atoms with Gasteiger partial charge in [0.1, 0.15) is 16.5 Å². The van der Waals surface area contributed by atoms with Gasteiger partial charge in [-0.15, -0.1) is 11.3 Å². The van der Waals surface area contributed by atoms with Crippen molar-refractivity contribution in [2.24, 2.45) is 11.8 Å². The highest BCUT2D eigenvalue weighted by Gasteiger charge is 2.27. The Morgan fingerprint density at radius 1 is 1.14 bits per heavy atom. The molecular formula is C24H29N3S. The van der Waals surface area contributed by atoms with Gasteiger partial charge >= 0.3 is 0 Å². The molecule has 1 atom stereocenters. The Morgan fingerprint density at radius 3 is 2.79 bits per heavy atom. The molecule has 0 amide bonds. The molecule has 2 aliphatic rings. The number of hydrogen-bond donors (Lipinski definition) is 0. The number of aryl methyl sites for hydroxylation is 1. The molecule has 146 valence electrons. The van der Waals surface area contributed by atoms with E-state index in [0.717, 1.165) is 37.7 Å². The summed E-state index contributed by atoms with van der Waals surface area (Å²) < 4.78 is 0. The lowest BCUT2D eigenvalue weighted by molar-refractivity contribution is 0.509. The fourth-order valence-corrected chi connectivity index (χ4v) is 6.12. The first-order chi connectivity index (χ1) is 13.6. The van der Waals surface area contributed by atoms with Gasteiger partial charge in [-0.05, 0) is 54.2 Å². The van der Waals surface area contributed by atoms with E-state index in [2.05, 4.69) is 49.9 Å². The SMILES string of the molecule is CC(C)Cc1nc(N2CCc3ccccc3C2)c2c3c(sc2n1)C[C@@H](C)CC3. The minimum Gasteiger partial charge on any atom is -0.351 e. The predicted molar refractivity (Wildman–Crippen MR) is 118 cm³/mol. The number of nitrogens with zero attached hydrogens (tertiary/aromatic N) is 3. The summed E-state index contributed by atoms with van der Waals surface area (Å²) in [6.45, 7) is 8.90. The predicted octanol–water partition coefficient (Wildman–Crippen LogP) is 5.58. The fourth-order valence-electron chi connectivity index (χ4n) is 4.73. The topological polar surface area (TPSA) is 29.0 Å². The summed E-state index contributed by atoms with van der Waals surface area (Å²) in [5, 5.41) is 1.36. The van der Waals surface area contributed by atoms with Gasteiger partial charge in [0, 0.05) is 24.4 Å². The van der Waals surface area contributed by atoms with Crippen LogP contribution in [0.15, 0.2) is 24.3 Å². The van der Waals surface area contributed by atoms with Crippen LogP contribution in [0.4, 0.5) is 5.82 Å². The zero-order valence-corrected chi connectivity index (χ0v) is 18.0. The van der Waals surface area contributed by atoms with E-state index in [0.29, 0.717) is 5.92 Å². The molecule has 28 heavy (non-hydrogen) atoms. The molecular weight excluding hydrogens is 362 g/mol. The van der Waals surface area contributed by atoms with Crippen LogP contribution in [0.25, 0.3) is 10.2 Å². The van der Waals surface area contributed by atoms with Crippen molar-refractivity contribution >= 4 is 27.4 Å². The van der Waals surface area contributed by atoms with Gasteiger partial charge in [-0.2, -0.15) is 0 Å². The van der Waals surface area contributed by atoms with Crippen LogP contribution >= 0.6 is 11.3 Å². The summed E-state index contributed by atoms with van der Waals surface area (Å²) in [6, 6.07) is 8.88. The van der Waals surface area contributed by atoms with Gasteiger partial charge in [0.15, 0.2) is 0 Å². The summed E-state index contributed by atoms with van der Waals surface area (Å²) in [5.74, 6) is 3.57. The van der Waals surface area contributed by atoms with Gasteiger partial charge in [-0.1, -0.05) is 45.0 Å². The van der Waals surface area contributed by atoms with Gasteiger partial charge in [-0.25, -0.2) is 9.97 Å². The molecule has 4 heteroatoms. The Bertz CT molecular complexity index is 1020. The molecule has 1 aliphatic carbocycles. The third-order valence-corrected chi connectivity index (χ3v) is 7.35. The maximum atomic E-state index is 5.16. The van der Waals surface area contributed by atoms with Gasteiger partial charge in [0.2, 0.25) is 0 Å². The first-order valence-electron chi connectivity index (χ1n) is 10.7. The Balaban J connectivity index is 1.63. The highest BCUT2D eigenvalue weighted by Crippen LogP contribution is 2.42. The number of aromatic nitrogens is 2. The first kappa shape index (κ1) is 18.1. The highest BCUT2D eigenvalue weighted by molar-refractivity contribution is 7.19. The zero-order valence-electron chi connectivity index (χ0n) is 17.2. The fraction of sp³-hybridized carbons (Fsp3) is 0.500. The Labute approximate surface area is 171 Å². The van der Waals surface area contributed by atoms with Crippen LogP contribution in [0.5, 0.6) is 0 Å². The molecule has 0 bridgehead atoms. The van der Waals surface area contributed by atoms with E-state index in [-0.39, 0.29) is 0 Å². The molecule has 2 aromatic heterocycles. The lowest BCUT2D eigenvalue weighted by Gasteiger charge is -2.31. The van der Waals surface area contributed by atoms with Crippen LogP contribution in [-0.2, 0) is 32.2 Å². The second-order valence-electron chi connectivity index (χ2n) is 9.03. The van der Waals surface area contributed by atoms with E-state index < -0.39 is 0 Å². The van der Waals surface area contributed by atoms with E-state index in [1.165, 1.54) is 46.4 Å². The lowest BCUT2D eigenvalue weighted by atomic mass is 9.89. The van der Waals surface area contributed by atoms with Gasteiger partial charge < -0.3 is 4.90 Å². The summed E-state index contributed by atoms with van der Waals surface area (Å²) in [5.41, 5.74) is 4.49. The summed E-state index contributed by atoms with van der Waals surface area (Å²) >= 11 is 1.93. The summed E-state index contributed by atoms with van der Waals surface area (Å²) in [4.78, 5) is 15.5. The Hall–Kier alpha value is -1.94. The Morgan fingerprint density at radius 2 is 1.96 bits per heavy atom. The standard InChI is InChI=1S/C24H29N3S/c1-15(2)12-21-25-23(27-11-10-17-6-4-5-7-18(17)14-27)22-19-9-8-16(3)13-20(19)28-24(22)26-21/h4-7,15-16H,8-14H2,1-3H3/t16-/m0/s1. The third-order valence-electron chi connectivity index (χ3n) is 6.20. The van der Waals surface area contributed by atoms with E-state index in [9.17, 15) is 0 Å². The maximum absolute atomic E-state index is 5.16. The van der Waals surface area contributed by atoms with Crippen molar-refractivity contribution in [1.29, 1.82) is 0 Å². The minimum absolute atomic E-state index is 0.571. The molecule has 0 radical (unpaired) electrons. The summed E-state index contributed by atoms with van der Waals surface area (Å²) in [6.07, 6.45) is 5.73. The molecule has 0 unspecified atom stereocenters. The number of anilines is 1. The van der Waals surface area contributed by atoms with Crippen molar-refractivity contribution in [1.82, 2.24) is 9.97 Å². The van der Waals surface area contributed by atoms with Gasteiger partial charge in [0.05, 0.1) is 5.39 Å². The second-order valence-corrected chi connectivity index (χ2v) is 10.1. The normalized spacial score (nSPS) is 19.1. The van der Waals surface area contributed by atoms with Gasteiger partial charge in [-0.3, -0.25) is 0 Å². The summed E-state index contributed by atoms with van der Waals surface area (Å²) in [7, 11) is 0. The van der Waals surface area contributed by atoms with Crippen molar-refractivity contribution in [3.8, 4) is 0 Å². The van der Waals surface area contributed by atoms with Crippen molar-refractivity contribution in [2.75, 3.05) is 11.4 Å². The van der Waals surface area contributed by atoms with Crippen molar-refractivity contribution in [3.63, 3.8) is 0 Å². The van der Waals surface area contributed by atoms with Crippen molar-refractivity contribution < 1.29 is 0 Å². The molecule has 3 heterocycles. The largest absolute Gasteiger partial charge is 0.351 e. The average molecular weight is 392 g/mol. The second kappa shape index (κ2) is 7.14. The van der Waals surface area contributed by atoms with E-state index in [1.54, 1.807) is 10.4 Å². The first-order valence-corrected chi connectivity index (χ1v) is 11.5. The van der Waals surface area contributed by atoms with Crippen LogP contribution in [0.1, 0.15) is 54.6 Å². The third kappa shape index (κ3) is 3.22. The molecule has 0 saturated carbocycles. The van der Waals surface area contributed by atoms with Crippen LogP contribution in [0.3, 0.4) is 0 Å². The molecule has 1 aliphatic heterocycles.